The van der Waals surface area contributed by atoms with Crippen LogP contribution in [0.4, 0.5) is 0 Å². The number of rotatable bonds is 2. The van der Waals surface area contributed by atoms with Gasteiger partial charge in [-0.1, -0.05) is 24.3 Å². The van der Waals surface area contributed by atoms with Crippen molar-refractivity contribution < 1.29 is 28.9 Å². The second-order valence-corrected chi connectivity index (χ2v) is 5.61. The second kappa shape index (κ2) is 5.96. The minimum Gasteiger partial charge on any atom is -0.508 e. The fourth-order valence-corrected chi connectivity index (χ4v) is 2.62. The van der Waals surface area contributed by atoms with E-state index < -0.39 is 29.2 Å². The van der Waals surface area contributed by atoms with Gasteiger partial charge in [0, 0.05) is 6.08 Å². The number of hydrogen-bond donors (Lipinski definition) is 2. The van der Waals surface area contributed by atoms with E-state index in [0.717, 1.165) is 5.57 Å². The summed E-state index contributed by atoms with van der Waals surface area (Å²) in [6.45, 7) is 0. The van der Waals surface area contributed by atoms with Crippen LogP contribution in [0.1, 0.15) is 0 Å². The molecule has 1 aromatic heterocycles. The highest BCUT2D eigenvalue weighted by Gasteiger charge is 2.27. The number of allylic oxidation sites excluding steroid dienone is 3. The van der Waals surface area contributed by atoms with Gasteiger partial charge in [-0.15, -0.1) is 0 Å². The summed E-state index contributed by atoms with van der Waals surface area (Å²) in [4.78, 5) is 24.4. The molecule has 1 aromatic carbocycles. The molecule has 1 aliphatic heterocycles. The van der Waals surface area contributed by atoms with E-state index in [1.807, 2.05) is 0 Å². The molecular formula is C19H12O7. The van der Waals surface area contributed by atoms with E-state index in [2.05, 4.69) is 0 Å². The molecule has 1 atom stereocenters. The fraction of sp³-hybridized carbons (Fsp3) is 0.0526. The Morgan fingerprint density at radius 1 is 1.12 bits per heavy atom. The largest absolute Gasteiger partial charge is 0.508 e. The maximum Gasteiger partial charge on any atom is 0.381 e. The molecule has 0 saturated heterocycles. The van der Waals surface area contributed by atoms with Gasteiger partial charge in [0.25, 0.3) is 0 Å². The van der Waals surface area contributed by atoms with Gasteiger partial charge >= 0.3 is 11.9 Å². The van der Waals surface area contributed by atoms with Gasteiger partial charge in [-0.05, 0) is 29.9 Å². The van der Waals surface area contributed by atoms with Crippen molar-refractivity contribution in [3.63, 3.8) is 0 Å². The number of fused-ring (bicyclic) bond motifs is 2. The standard InChI is InChI=1S/C19H12O7/c20-11-7-5-10-6-8-14(24-15(10)9-11)18(23)26-19-17(22)16(21)12-3-1-2-4-13(12)25-19/h1-9,15,20,22H. The van der Waals surface area contributed by atoms with Gasteiger partial charge in [0.2, 0.25) is 16.9 Å². The first-order chi connectivity index (χ1) is 12.5. The maximum atomic E-state index is 12.3. The summed E-state index contributed by atoms with van der Waals surface area (Å²) in [6, 6.07) is 6.26. The molecule has 7 nitrogen and oxygen atoms in total. The van der Waals surface area contributed by atoms with Gasteiger partial charge in [0.15, 0.2) is 0 Å². The first kappa shape index (κ1) is 15.8. The summed E-state index contributed by atoms with van der Waals surface area (Å²) in [5, 5.41) is 19.6. The molecular weight excluding hydrogens is 340 g/mol. The summed E-state index contributed by atoms with van der Waals surface area (Å²) in [5.41, 5.74) is 0.212. The Morgan fingerprint density at radius 3 is 2.77 bits per heavy atom. The monoisotopic (exact) mass is 352 g/mol. The summed E-state index contributed by atoms with van der Waals surface area (Å²) >= 11 is 0. The Bertz CT molecular complexity index is 1100. The molecule has 0 amide bonds. The number of aromatic hydroxyl groups is 1. The molecule has 0 saturated carbocycles. The molecule has 130 valence electrons. The normalized spacial score (nSPS) is 18.3. The van der Waals surface area contributed by atoms with E-state index in [4.69, 9.17) is 13.9 Å². The first-order valence-corrected chi connectivity index (χ1v) is 7.67. The van der Waals surface area contributed by atoms with Crippen LogP contribution in [0, 0.1) is 0 Å². The van der Waals surface area contributed by atoms with Crippen molar-refractivity contribution in [2.75, 3.05) is 0 Å². The third kappa shape index (κ3) is 2.65. The highest BCUT2D eigenvalue weighted by Crippen LogP contribution is 2.29. The molecule has 1 unspecified atom stereocenters. The van der Waals surface area contributed by atoms with E-state index >= 15 is 0 Å². The van der Waals surface area contributed by atoms with E-state index in [9.17, 15) is 19.8 Å². The number of aliphatic hydroxyl groups excluding tert-OH is 1. The lowest BCUT2D eigenvalue weighted by atomic mass is 10.0. The molecule has 4 rings (SSSR count). The molecule has 0 radical (unpaired) electrons. The summed E-state index contributed by atoms with van der Waals surface area (Å²) < 4.78 is 15.8. The number of esters is 1. The predicted octanol–water partition coefficient (Wildman–Crippen LogP) is 2.62. The lowest BCUT2D eigenvalue weighted by Gasteiger charge is -2.23. The summed E-state index contributed by atoms with van der Waals surface area (Å²) in [5.74, 6) is -2.51. The Labute approximate surface area is 146 Å². The lowest BCUT2D eigenvalue weighted by Crippen LogP contribution is -2.24. The molecule has 0 spiro atoms. The minimum absolute atomic E-state index is 0.0138. The van der Waals surface area contributed by atoms with Crippen LogP contribution in [0.25, 0.3) is 11.0 Å². The number of aliphatic hydroxyl groups is 1. The smallest absolute Gasteiger partial charge is 0.381 e. The third-order valence-electron chi connectivity index (χ3n) is 3.91. The number of ether oxygens (including phenoxy) is 2. The van der Waals surface area contributed by atoms with Crippen LogP contribution in [0.2, 0.25) is 0 Å². The number of carbonyl (C=O) groups is 1. The Kier molecular flexibility index (Phi) is 3.62. The summed E-state index contributed by atoms with van der Waals surface area (Å²) in [6.07, 6.45) is 6.99. The van der Waals surface area contributed by atoms with Crippen LogP contribution in [0.3, 0.4) is 0 Å². The van der Waals surface area contributed by atoms with Crippen LogP contribution >= 0.6 is 0 Å². The molecule has 7 heteroatoms. The Hall–Kier alpha value is -3.74. The van der Waals surface area contributed by atoms with Gasteiger partial charge in [0.1, 0.15) is 17.4 Å². The van der Waals surface area contributed by atoms with Crippen molar-refractivity contribution in [3.8, 4) is 11.7 Å². The van der Waals surface area contributed by atoms with Crippen LogP contribution in [0.5, 0.6) is 11.7 Å². The quantitative estimate of drug-likeness (QED) is 0.800. The average Bonchev–Trinajstić information content (AvgIpc) is 2.65. The molecule has 0 fully saturated rings. The molecule has 26 heavy (non-hydrogen) atoms. The molecule has 2 aromatic rings. The van der Waals surface area contributed by atoms with Crippen LogP contribution in [-0.2, 0) is 9.53 Å². The number of para-hydroxylation sites is 1. The molecule has 0 bridgehead atoms. The van der Waals surface area contributed by atoms with Crippen molar-refractivity contribution in [2.24, 2.45) is 0 Å². The van der Waals surface area contributed by atoms with Crippen LogP contribution in [0.15, 0.2) is 80.9 Å². The van der Waals surface area contributed by atoms with Crippen molar-refractivity contribution >= 4 is 16.9 Å². The zero-order chi connectivity index (χ0) is 18.3. The van der Waals surface area contributed by atoms with Gasteiger partial charge in [0.05, 0.1) is 5.39 Å². The average molecular weight is 352 g/mol. The van der Waals surface area contributed by atoms with E-state index in [1.54, 1.807) is 24.3 Å². The van der Waals surface area contributed by atoms with Crippen molar-refractivity contribution in [3.05, 3.63) is 82.0 Å². The maximum absolute atomic E-state index is 12.3. The highest BCUT2D eigenvalue weighted by atomic mass is 16.6. The van der Waals surface area contributed by atoms with Crippen molar-refractivity contribution in [2.45, 2.75) is 6.10 Å². The van der Waals surface area contributed by atoms with Gasteiger partial charge < -0.3 is 24.1 Å². The van der Waals surface area contributed by atoms with Gasteiger partial charge in [-0.25, -0.2) is 4.79 Å². The lowest BCUT2D eigenvalue weighted by molar-refractivity contribution is -0.135. The number of carbonyl (C=O) groups excluding carboxylic acids is 1. The van der Waals surface area contributed by atoms with Crippen molar-refractivity contribution in [1.82, 2.24) is 0 Å². The zero-order valence-electron chi connectivity index (χ0n) is 13.2. The number of benzene rings is 1. The third-order valence-corrected chi connectivity index (χ3v) is 3.91. The fourth-order valence-electron chi connectivity index (χ4n) is 2.62. The van der Waals surface area contributed by atoms with E-state index in [1.165, 1.54) is 30.4 Å². The van der Waals surface area contributed by atoms with Crippen LogP contribution in [-0.4, -0.2) is 22.3 Å². The molecule has 2 heterocycles. The SMILES string of the molecule is O=C(Oc1oc2ccccc2c(=O)c1O)C1=CC=C2C=CC(O)=CC2O1. The van der Waals surface area contributed by atoms with Gasteiger partial charge in [-0.2, -0.15) is 0 Å². The Balaban J connectivity index is 1.63. The molecule has 2 aliphatic rings. The van der Waals surface area contributed by atoms with Crippen molar-refractivity contribution in [1.29, 1.82) is 0 Å². The first-order valence-electron chi connectivity index (χ1n) is 7.67. The number of hydrogen-bond acceptors (Lipinski definition) is 7. The minimum atomic E-state index is -0.948. The van der Waals surface area contributed by atoms with E-state index in [-0.39, 0.29) is 22.5 Å². The summed E-state index contributed by atoms with van der Waals surface area (Å²) in [7, 11) is 0. The molecule has 2 N–H and O–H groups in total. The predicted molar refractivity (Wildman–Crippen MR) is 90.7 cm³/mol. The topological polar surface area (TPSA) is 106 Å². The highest BCUT2D eigenvalue weighted by molar-refractivity contribution is 5.89. The zero-order valence-corrected chi connectivity index (χ0v) is 13.2. The van der Waals surface area contributed by atoms with Gasteiger partial charge in [-0.3, -0.25) is 4.79 Å². The molecule has 1 aliphatic carbocycles. The Morgan fingerprint density at radius 2 is 1.92 bits per heavy atom. The van der Waals surface area contributed by atoms with Crippen LogP contribution < -0.4 is 10.2 Å². The second-order valence-electron chi connectivity index (χ2n) is 5.61. The van der Waals surface area contributed by atoms with E-state index in [0.29, 0.717) is 0 Å².